The van der Waals surface area contributed by atoms with Crippen molar-refractivity contribution in [3.63, 3.8) is 0 Å². The summed E-state index contributed by atoms with van der Waals surface area (Å²) in [5.41, 5.74) is 4.10. The molecule has 0 unspecified atom stereocenters. The summed E-state index contributed by atoms with van der Waals surface area (Å²) in [4.78, 5) is 12.6. The molecule has 0 atom stereocenters. The molecule has 0 aliphatic heterocycles. The first kappa shape index (κ1) is 23.3. The standard InChI is InChI=1S/C23H25IN4O2S/c1-5-9-28-20(13-30-19-8-6-7-15(2)10-19)26-27-23(28)31-14-21(29)25-22-16(3)11-18(24)12-17(22)4/h5-8,10-12H,1,9,13-14H2,2-4H3,(H,25,29). The summed E-state index contributed by atoms with van der Waals surface area (Å²) in [6, 6.07) is 12.0. The van der Waals surface area contributed by atoms with E-state index in [1.165, 1.54) is 11.8 Å². The number of carbonyl (C=O) groups excluding carboxylic acids is 1. The number of hydrogen-bond acceptors (Lipinski definition) is 5. The Hall–Kier alpha value is -2.33. The molecule has 3 aromatic rings. The molecular weight excluding hydrogens is 523 g/mol. The largest absolute Gasteiger partial charge is 0.486 e. The van der Waals surface area contributed by atoms with Gasteiger partial charge in [0.1, 0.15) is 12.4 Å². The second-order valence-electron chi connectivity index (χ2n) is 7.15. The molecule has 0 radical (unpaired) electrons. The first-order chi connectivity index (χ1) is 14.9. The summed E-state index contributed by atoms with van der Waals surface area (Å²) >= 11 is 3.62. The number of halogens is 1. The van der Waals surface area contributed by atoms with E-state index in [0.29, 0.717) is 17.5 Å². The van der Waals surface area contributed by atoms with E-state index in [9.17, 15) is 4.79 Å². The normalized spacial score (nSPS) is 10.7. The van der Waals surface area contributed by atoms with Gasteiger partial charge in [-0.15, -0.1) is 16.8 Å². The predicted molar refractivity (Wildman–Crippen MR) is 134 cm³/mol. The molecule has 0 aliphatic carbocycles. The van der Waals surface area contributed by atoms with Crippen molar-refractivity contribution >= 4 is 45.9 Å². The lowest BCUT2D eigenvalue weighted by Gasteiger charge is -2.12. The quantitative estimate of drug-likeness (QED) is 0.223. The Labute approximate surface area is 200 Å². The highest BCUT2D eigenvalue weighted by Crippen LogP contribution is 2.24. The van der Waals surface area contributed by atoms with Gasteiger partial charge < -0.3 is 10.1 Å². The number of rotatable bonds is 9. The van der Waals surface area contributed by atoms with Crippen LogP contribution in [0.4, 0.5) is 5.69 Å². The number of benzene rings is 2. The summed E-state index contributed by atoms with van der Waals surface area (Å²) in [7, 11) is 0. The van der Waals surface area contributed by atoms with Gasteiger partial charge in [-0.3, -0.25) is 9.36 Å². The molecule has 1 aromatic heterocycles. The third-order valence-electron chi connectivity index (χ3n) is 4.56. The van der Waals surface area contributed by atoms with Crippen molar-refractivity contribution in [2.75, 3.05) is 11.1 Å². The Kier molecular flexibility index (Phi) is 8.14. The van der Waals surface area contributed by atoms with Crippen LogP contribution in [0.3, 0.4) is 0 Å². The lowest BCUT2D eigenvalue weighted by molar-refractivity contribution is -0.113. The molecule has 1 heterocycles. The van der Waals surface area contributed by atoms with Crippen LogP contribution in [0, 0.1) is 24.3 Å². The zero-order chi connectivity index (χ0) is 22.4. The Morgan fingerprint density at radius 1 is 1.23 bits per heavy atom. The molecule has 162 valence electrons. The van der Waals surface area contributed by atoms with Crippen molar-refractivity contribution in [1.82, 2.24) is 14.8 Å². The maximum atomic E-state index is 12.6. The molecule has 1 N–H and O–H groups in total. The molecule has 0 spiro atoms. The van der Waals surface area contributed by atoms with E-state index >= 15 is 0 Å². The summed E-state index contributed by atoms with van der Waals surface area (Å²) in [6.45, 7) is 10.7. The van der Waals surface area contributed by atoms with Crippen LogP contribution in [-0.4, -0.2) is 26.4 Å². The van der Waals surface area contributed by atoms with Gasteiger partial charge in [-0.05, 0) is 84.3 Å². The van der Waals surface area contributed by atoms with Crippen LogP contribution < -0.4 is 10.1 Å². The lowest BCUT2D eigenvalue weighted by Crippen LogP contribution is -2.16. The number of nitrogens with one attached hydrogen (secondary N) is 1. The van der Waals surface area contributed by atoms with E-state index in [-0.39, 0.29) is 18.3 Å². The summed E-state index contributed by atoms with van der Waals surface area (Å²) in [6.07, 6.45) is 1.78. The first-order valence-electron chi connectivity index (χ1n) is 9.79. The summed E-state index contributed by atoms with van der Waals surface area (Å²) in [5.74, 6) is 1.63. The molecule has 3 rings (SSSR count). The van der Waals surface area contributed by atoms with Crippen LogP contribution in [0.25, 0.3) is 0 Å². The third-order valence-corrected chi connectivity index (χ3v) is 6.15. The smallest absolute Gasteiger partial charge is 0.234 e. The van der Waals surface area contributed by atoms with E-state index in [1.807, 2.05) is 49.6 Å². The van der Waals surface area contributed by atoms with Crippen molar-refractivity contribution in [3.8, 4) is 5.75 Å². The number of allylic oxidation sites excluding steroid dienone is 1. The zero-order valence-electron chi connectivity index (χ0n) is 17.8. The van der Waals surface area contributed by atoms with Crippen LogP contribution in [0.5, 0.6) is 5.75 Å². The molecule has 8 heteroatoms. The van der Waals surface area contributed by atoms with Crippen LogP contribution in [0.2, 0.25) is 0 Å². The van der Waals surface area contributed by atoms with Gasteiger partial charge in [0.05, 0.1) is 5.75 Å². The molecule has 0 saturated carbocycles. The van der Waals surface area contributed by atoms with E-state index in [1.54, 1.807) is 6.08 Å². The lowest BCUT2D eigenvalue weighted by atomic mass is 10.1. The van der Waals surface area contributed by atoms with Crippen molar-refractivity contribution in [2.24, 2.45) is 0 Å². The second-order valence-corrected chi connectivity index (χ2v) is 9.34. The van der Waals surface area contributed by atoms with Crippen molar-refractivity contribution in [2.45, 2.75) is 39.1 Å². The van der Waals surface area contributed by atoms with E-state index < -0.39 is 0 Å². The van der Waals surface area contributed by atoms with Crippen molar-refractivity contribution in [3.05, 3.63) is 75.1 Å². The fourth-order valence-electron chi connectivity index (χ4n) is 3.11. The first-order valence-corrected chi connectivity index (χ1v) is 11.9. The number of nitrogens with zero attached hydrogens (tertiary/aromatic N) is 3. The fourth-order valence-corrected chi connectivity index (χ4v) is 4.81. The minimum atomic E-state index is -0.0804. The number of aryl methyl sites for hydroxylation is 3. The van der Waals surface area contributed by atoms with Gasteiger partial charge in [-0.2, -0.15) is 0 Å². The van der Waals surface area contributed by atoms with Crippen LogP contribution in [-0.2, 0) is 17.9 Å². The average molecular weight is 548 g/mol. The average Bonchev–Trinajstić information content (AvgIpc) is 3.09. The third kappa shape index (κ3) is 6.33. The van der Waals surface area contributed by atoms with Gasteiger partial charge in [0.15, 0.2) is 11.0 Å². The molecule has 0 fully saturated rings. The molecule has 0 aliphatic rings. The Morgan fingerprint density at radius 3 is 2.65 bits per heavy atom. The SMILES string of the molecule is C=CCn1c(COc2cccc(C)c2)nnc1SCC(=O)Nc1c(C)cc(I)cc1C. The number of amides is 1. The Bertz CT molecular complexity index is 1070. The zero-order valence-corrected chi connectivity index (χ0v) is 20.8. The highest BCUT2D eigenvalue weighted by Gasteiger charge is 2.15. The maximum absolute atomic E-state index is 12.6. The predicted octanol–water partition coefficient (Wildman–Crippen LogP) is 5.30. The topological polar surface area (TPSA) is 69.0 Å². The summed E-state index contributed by atoms with van der Waals surface area (Å²) < 4.78 is 8.94. The highest BCUT2D eigenvalue weighted by molar-refractivity contribution is 14.1. The number of thioether (sulfide) groups is 1. The van der Waals surface area contributed by atoms with Crippen LogP contribution >= 0.6 is 34.4 Å². The van der Waals surface area contributed by atoms with Gasteiger partial charge in [-0.1, -0.05) is 30.0 Å². The van der Waals surface area contributed by atoms with Crippen LogP contribution in [0.15, 0.2) is 54.2 Å². The van der Waals surface area contributed by atoms with Gasteiger partial charge in [0, 0.05) is 15.8 Å². The Balaban J connectivity index is 1.64. The van der Waals surface area contributed by atoms with Gasteiger partial charge >= 0.3 is 0 Å². The van der Waals surface area contributed by atoms with Gasteiger partial charge in [-0.25, -0.2) is 0 Å². The van der Waals surface area contributed by atoms with Gasteiger partial charge in [0.25, 0.3) is 0 Å². The number of hydrogen-bond donors (Lipinski definition) is 1. The molecule has 2 aromatic carbocycles. The van der Waals surface area contributed by atoms with Crippen molar-refractivity contribution < 1.29 is 9.53 Å². The maximum Gasteiger partial charge on any atom is 0.234 e. The van der Waals surface area contributed by atoms with E-state index in [0.717, 1.165) is 31.7 Å². The fraction of sp³-hybridized carbons (Fsp3) is 0.261. The number of anilines is 1. The van der Waals surface area contributed by atoms with E-state index in [2.05, 4.69) is 56.8 Å². The molecule has 1 amide bonds. The number of ether oxygens (including phenoxy) is 1. The van der Waals surface area contributed by atoms with E-state index in [4.69, 9.17) is 4.74 Å². The molecule has 0 saturated heterocycles. The van der Waals surface area contributed by atoms with Gasteiger partial charge in [0.2, 0.25) is 5.91 Å². The monoisotopic (exact) mass is 548 g/mol. The molecule has 0 bridgehead atoms. The minimum absolute atomic E-state index is 0.0804. The Morgan fingerprint density at radius 2 is 1.97 bits per heavy atom. The molecule has 6 nitrogen and oxygen atoms in total. The minimum Gasteiger partial charge on any atom is -0.486 e. The highest BCUT2D eigenvalue weighted by atomic mass is 127. The van der Waals surface area contributed by atoms with Crippen LogP contribution in [0.1, 0.15) is 22.5 Å². The summed E-state index contributed by atoms with van der Waals surface area (Å²) in [5, 5.41) is 12.2. The number of carbonyl (C=O) groups is 1. The number of aromatic nitrogens is 3. The van der Waals surface area contributed by atoms with Crippen molar-refractivity contribution in [1.29, 1.82) is 0 Å². The molecular formula is C23H25IN4O2S. The second kappa shape index (κ2) is 10.8. The molecule has 31 heavy (non-hydrogen) atoms.